The molecular formula is C13H16N2. The Morgan fingerprint density at radius 2 is 2.27 bits per heavy atom. The van der Waals surface area contributed by atoms with Crippen molar-refractivity contribution in [2.24, 2.45) is 5.92 Å². The first-order valence-corrected chi connectivity index (χ1v) is 5.70. The maximum absolute atomic E-state index is 4.73. The number of hydrogen-bond donors (Lipinski definition) is 0. The van der Waals surface area contributed by atoms with Gasteiger partial charge >= 0.3 is 0 Å². The lowest BCUT2D eigenvalue weighted by atomic mass is 10.0. The lowest BCUT2D eigenvalue weighted by Crippen LogP contribution is -2.17. The molecule has 0 N–H and O–H groups in total. The van der Waals surface area contributed by atoms with Crippen molar-refractivity contribution in [2.75, 3.05) is 0 Å². The van der Waals surface area contributed by atoms with Gasteiger partial charge in [-0.05, 0) is 37.0 Å². The van der Waals surface area contributed by atoms with Crippen molar-refractivity contribution in [1.82, 2.24) is 9.55 Å². The molecule has 1 aliphatic heterocycles. The van der Waals surface area contributed by atoms with E-state index in [1.165, 1.54) is 28.8 Å². The quantitative estimate of drug-likeness (QED) is 0.639. The smallest absolute Gasteiger partial charge is 0.110 e. The predicted octanol–water partition coefficient (Wildman–Crippen LogP) is 2.93. The number of nitrogens with zero attached hydrogens (tertiary/aromatic N) is 2. The third kappa shape index (κ3) is 1.36. The Hall–Kier alpha value is -1.31. The van der Waals surface area contributed by atoms with E-state index in [1.54, 1.807) is 0 Å². The van der Waals surface area contributed by atoms with Gasteiger partial charge in [-0.1, -0.05) is 13.0 Å². The summed E-state index contributed by atoms with van der Waals surface area (Å²) < 4.78 is 2.38. The standard InChI is InChI=1S/C13H16N2/c1-9-3-4-12-11(7-9)14-13-8-10(2)5-6-15(12)13/h3-4,7,10H,5-6,8H2,1-2H3/t10-/m0/s1. The number of benzene rings is 1. The highest BCUT2D eigenvalue weighted by molar-refractivity contribution is 5.77. The van der Waals surface area contributed by atoms with Gasteiger partial charge in [0, 0.05) is 13.0 Å². The fourth-order valence-corrected chi connectivity index (χ4v) is 2.46. The molecular weight excluding hydrogens is 184 g/mol. The minimum atomic E-state index is 0.787. The summed E-state index contributed by atoms with van der Waals surface area (Å²) >= 11 is 0. The van der Waals surface area contributed by atoms with Crippen LogP contribution in [-0.2, 0) is 13.0 Å². The van der Waals surface area contributed by atoms with Gasteiger partial charge in [0.15, 0.2) is 0 Å². The zero-order chi connectivity index (χ0) is 10.4. The van der Waals surface area contributed by atoms with Crippen LogP contribution in [0.2, 0.25) is 0 Å². The van der Waals surface area contributed by atoms with Crippen molar-refractivity contribution in [2.45, 2.75) is 33.2 Å². The van der Waals surface area contributed by atoms with E-state index in [1.807, 2.05) is 0 Å². The first-order valence-electron chi connectivity index (χ1n) is 5.70. The lowest BCUT2D eigenvalue weighted by molar-refractivity contribution is 0.415. The van der Waals surface area contributed by atoms with E-state index >= 15 is 0 Å². The maximum Gasteiger partial charge on any atom is 0.110 e. The molecule has 0 bridgehead atoms. The van der Waals surface area contributed by atoms with Crippen molar-refractivity contribution >= 4 is 11.0 Å². The van der Waals surface area contributed by atoms with E-state index < -0.39 is 0 Å². The third-order valence-electron chi connectivity index (χ3n) is 3.36. The van der Waals surface area contributed by atoms with E-state index in [-0.39, 0.29) is 0 Å². The lowest BCUT2D eigenvalue weighted by Gasteiger charge is -2.19. The maximum atomic E-state index is 4.73. The molecule has 3 rings (SSSR count). The normalized spacial score (nSPS) is 20.5. The fraction of sp³-hybridized carbons (Fsp3) is 0.462. The van der Waals surface area contributed by atoms with Gasteiger partial charge in [-0.3, -0.25) is 0 Å². The topological polar surface area (TPSA) is 17.8 Å². The Morgan fingerprint density at radius 1 is 1.40 bits per heavy atom. The molecule has 0 fully saturated rings. The SMILES string of the molecule is Cc1ccc2c(c1)nc1n2CC[C@H](C)C1. The number of fused-ring (bicyclic) bond motifs is 3. The van der Waals surface area contributed by atoms with Gasteiger partial charge in [0.25, 0.3) is 0 Å². The van der Waals surface area contributed by atoms with Crippen LogP contribution >= 0.6 is 0 Å². The zero-order valence-corrected chi connectivity index (χ0v) is 9.33. The second-order valence-corrected chi connectivity index (χ2v) is 4.77. The first-order chi connectivity index (χ1) is 7.24. The minimum absolute atomic E-state index is 0.787. The van der Waals surface area contributed by atoms with Crippen LogP contribution in [0.15, 0.2) is 18.2 Å². The molecule has 2 heteroatoms. The molecule has 0 saturated heterocycles. The van der Waals surface area contributed by atoms with Gasteiger partial charge < -0.3 is 4.57 Å². The molecule has 78 valence electrons. The minimum Gasteiger partial charge on any atom is -0.328 e. The van der Waals surface area contributed by atoms with Crippen LogP contribution in [0, 0.1) is 12.8 Å². The zero-order valence-electron chi connectivity index (χ0n) is 9.33. The van der Waals surface area contributed by atoms with Gasteiger partial charge in [-0.15, -0.1) is 0 Å². The van der Waals surface area contributed by atoms with Crippen LogP contribution in [0.4, 0.5) is 0 Å². The molecule has 0 radical (unpaired) electrons. The van der Waals surface area contributed by atoms with Gasteiger partial charge in [0.05, 0.1) is 11.0 Å². The number of hydrogen-bond acceptors (Lipinski definition) is 1. The van der Waals surface area contributed by atoms with Gasteiger partial charge in [0.1, 0.15) is 5.82 Å². The molecule has 0 amide bonds. The third-order valence-corrected chi connectivity index (χ3v) is 3.36. The molecule has 1 atom stereocenters. The van der Waals surface area contributed by atoms with E-state index in [4.69, 9.17) is 4.98 Å². The van der Waals surface area contributed by atoms with Crippen LogP contribution in [0.5, 0.6) is 0 Å². The van der Waals surface area contributed by atoms with Crippen LogP contribution in [0.25, 0.3) is 11.0 Å². The van der Waals surface area contributed by atoms with Crippen LogP contribution in [0.3, 0.4) is 0 Å². The fourth-order valence-electron chi connectivity index (χ4n) is 2.46. The molecule has 1 aliphatic rings. The second kappa shape index (κ2) is 3.09. The summed E-state index contributed by atoms with van der Waals surface area (Å²) in [7, 11) is 0. The number of aromatic nitrogens is 2. The average molecular weight is 200 g/mol. The Morgan fingerprint density at radius 3 is 3.13 bits per heavy atom. The molecule has 2 heterocycles. The molecule has 1 aromatic heterocycles. The summed E-state index contributed by atoms with van der Waals surface area (Å²) in [6.07, 6.45) is 2.42. The van der Waals surface area contributed by atoms with E-state index in [0.29, 0.717) is 0 Å². The highest BCUT2D eigenvalue weighted by Gasteiger charge is 2.18. The van der Waals surface area contributed by atoms with Gasteiger partial charge in [-0.25, -0.2) is 4.98 Å². The molecule has 0 unspecified atom stereocenters. The van der Waals surface area contributed by atoms with Crippen molar-refractivity contribution in [3.8, 4) is 0 Å². The molecule has 2 nitrogen and oxygen atoms in total. The molecule has 1 aromatic carbocycles. The molecule has 0 saturated carbocycles. The second-order valence-electron chi connectivity index (χ2n) is 4.77. The summed E-state index contributed by atoms with van der Waals surface area (Å²) in [5, 5.41) is 0. The average Bonchev–Trinajstić information content (AvgIpc) is 2.53. The molecule has 0 aliphatic carbocycles. The van der Waals surface area contributed by atoms with E-state index in [2.05, 4.69) is 36.6 Å². The van der Waals surface area contributed by atoms with Crippen molar-refractivity contribution in [1.29, 1.82) is 0 Å². The summed E-state index contributed by atoms with van der Waals surface area (Å²) in [4.78, 5) is 4.73. The summed E-state index contributed by atoms with van der Waals surface area (Å²) in [5.74, 6) is 2.06. The van der Waals surface area contributed by atoms with Crippen LogP contribution in [-0.4, -0.2) is 9.55 Å². The van der Waals surface area contributed by atoms with Gasteiger partial charge in [0.2, 0.25) is 0 Å². The summed E-state index contributed by atoms with van der Waals surface area (Å²) in [6, 6.07) is 6.57. The van der Waals surface area contributed by atoms with Crippen molar-refractivity contribution in [3.05, 3.63) is 29.6 Å². The number of aryl methyl sites for hydroxylation is 2. The van der Waals surface area contributed by atoms with Crippen LogP contribution < -0.4 is 0 Å². The monoisotopic (exact) mass is 200 g/mol. The predicted molar refractivity (Wildman–Crippen MR) is 62.0 cm³/mol. The van der Waals surface area contributed by atoms with Crippen molar-refractivity contribution in [3.63, 3.8) is 0 Å². The van der Waals surface area contributed by atoms with E-state index in [9.17, 15) is 0 Å². The number of imidazole rings is 1. The van der Waals surface area contributed by atoms with E-state index in [0.717, 1.165) is 18.9 Å². The highest BCUT2D eigenvalue weighted by atomic mass is 15.1. The van der Waals surface area contributed by atoms with Crippen molar-refractivity contribution < 1.29 is 0 Å². The molecule has 0 spiro atoms. The Balaban J connectivity index is 2.23. The Kier molecular flexibility index (Phi) is 1.84. The largest absolute Gasteiger partial charge is 0.328 e. The summed E-state index contributed by atoms with van der Waals surface area (Å²) in [5.41, 5.74) is 3.77. The summed E-state index contributed by atoms with van der Waals surface area (Å²) in [6.45, 7) is 5.57. The number of rotatable bonds is 0. The van der Waals surface area contributed by atoms with Gasteiger partial charge in [-0.2, -0.15) is 0 Å². The molecule has 15 heavy (non-hydrogen) atoms. The Bertz CT molecular complexity index is 510. The first kappa shape index (κ1) is 8.96. The molecule has 2 aromatic rings. The Labute approximate surface area is 89.9 Å². The highest BCUT2D eigenvalue weighted by Crippen LogP contribution is 2.25. The van der Waals surface area contributed by atoms with Crippen LogP contribution in [0.1, 0.15) is 24.7 Å².